The van der Waals surface area contributed by atoms with Crippen LogP contribution in [0.25, 0.3) is 0 Å². The van der Waals surface area contributed by atoms with Gasteiger partial charge in [-0.15, -0.1) is 0 Å². The van der Waals surface area contributed by atoms with E-state index in [0.717, 1.165) is 0 Å². The van der Waals surface area contributed by atoms with Crippen molar-refractivity contribution in [3.63, 3.8) is 0 Å². The zero-order valence-electron chi connectivity index (χ0n) is 7.39. The van der Waals surface area contributed by atoms with E-state index in [1.165, 1.54) is 0 Å². The van der Waals surface area contributed by atoms with Crippen molar-refractivity contribution in [3.8, 4) is 0 Å². The molecule has 0 atom stereocenters. The van der Waals surface area contributed by atoms with Gasteiger partial charge in [-0.2, -0.15) is 13.2 Å². The van der Waals surface area contributed by atoms with Crippen LogP contribution in [0.1, 0.15) is 6.42 Å². The van der Waals surface area contributed by atoms with Crippen LogP contribution in [0.4, 0.5) is 13.2 Å². The van der Waals surface area contributed by atoms with Crippen LogP contribution in [0.15, 0.2) is 0 Å². The van der Waals surface area contributed by atoms with Gasteiger partial charge in [-0.3, -0.25) is 0 Å². The van der Waals surface area contributed by atoms with Crippen molar-refractivity contribution in [2.45, 2.75) is 18.4 Å². The minimum absolute atomic E-state index is 0. The predicted molar refractivity (Wildman–Crippen MR) is 30.3 cm³/mol. The summed E-state index contributed by atoms with van der Waals surface area (Å²) in [5, 5.41) is 10.0. The molecule has 0 unspecified atom stereocenters. The topological polar surface area (TPSA) is 58.6 Å². The maximum atomic E-state index is 12.2. The molecule has 0 spiro atoms. The molecule has 0 aliphatic carbocycles. The summed E-state index contributed by atoms with van der Waals surface area (Å²) in [5.41, 5.74) is 0. The molecule has 4 nitrogen and oxygen atoms in total. The van der Waals surface area contributed by atoms with Crippen LogP contribution >= 0.6 is 0 Å². The predicted octanol–water partition coefficient (Wildman–Crippen LogP) is -3.56. The third-order valence-corrected chi connectivity index (χ3v) is 1.56. The summed E-state index contributed by atoms with van der Waals surface area (Å²) in [6.07, 6.45) is -6.19. The molecule has 0 aromatic rings. The van der Waals surface area contributed by atoms with Crippen molar-refractivity contribution in [1.82, 2.24) is 0 Å². The van der Waals surface area contributed by atoms with Crippen molar-refractivity contribution in [2.75, 3.05) is 13.2 Å². The van der Waals surface area contributed by atoms with Crippen molar-refractivity contribution in [1.29, 1.82) is 0 Å². The Morgan fingerprint density at radius 1 is 1.36 bits per heavy atom. The van der Waals surface area contributed by atoms with Crippen LogP contribution < -0.4 is 34.7 Å². The molecule has 1 heterocycles. The van der Waals surface area contributed by atoms with Gasteiger partial charge < -0.3 is 19.4 Å². The van der Waals surface area contributed by atoms with Gasteiger partial charge in [-0.1, -0.05) is 0 Å². The van der Waals surface area contributed by atoms with Gasteiger partial charge in [0, 0.05) is 5.97 Å². The van der Waals surface area contributed by atoms with Crippen molar-refractivity contribution >= 4 is 5.97 Å². The van der Waals surface area contributed by atoms with Crippen LogP contribution in [0.5, 0.6) is 0 Å². The van der Waals surface area contributed by atoms with Crippen LogP contribution in [0.3, 0.4) is 0 Å². The largest absolute Gasteiger partial charge is 1.00 e. The van der Waals surface area contributed by atoms with E-state index in [2.05, 4.69) is 9.47 Å². The Morgan fingerprint density at radius 2 is 1.79 bits per heavy atom. The summed E-state index contributed by atoms with van der Waals surface area (Å²) >= 11 is 0. The second kappa shape index (κ2) is 4.80. The van der Waals surface area contributed by atoms with E-state index in [9.17, 15) is 23.1 Å². The molecule has 8 heteroatoms. The van der Waals surface area contributed by atoms with E-state index in [4.69, 9.17) is 0 Å². The van der Waals surface area contributed by atoms with Crippen LogP contribution in [0.2, 0.25) is 0 Å². The first-order valence-corrected chi connectivity index (χ1v) is 3.42. The van der Waals surface area contributed by atoms with E-state index in [1.807, 2.05) is 0 Å². The summed E-state index contributed by atoms with van der Waals surface area (Å²) in [6, 6.07) is 0. The summed E-state index contributed by atoms with van der Waals surface area (Å²) in [6.45, 7) is -0.542. The van der Waals surface area contributed by atoms with Crippen LogP contribution in [-0.4, -0.2) is 31.1 Å². The smallest absolute Gasteiger partial charge is 0.550 e. The summed E-state index contributed by atoms with van der Waals surface area (Å²) in [5.74, 6) is -4.87. The van der Waals surface area contributed by atoms with Crippen molar-refractivity contribution in [2.24, 2.45) is 0 Å². The minimum atomic E-state index is -4.86. The number of carboxylic acids is 1. The Bertz CT molecular complexity index is 212. The Balaban J connectivity index is 0.00000169. The number of hydrogen-bond acceptors (Lipinski definition) is 4. The third kappa shape index (κ3) is 2.83. The molecule has 1 aliphatic rings. The van der Waals surface area contributed by atoms with Crippen molar-refractivity contribution < 1.29 is 62.1 Å². The number of alkyl halides is 3. The van der Waals surface area contributed by atoms with Gasteiger partial charge in [0.05, 0.1) is 19.6 Å². The molecule has 0 radical (unpaired) electrons. The number of rotatable bonds is 2. The third-order valence-electron chi connectivity index (χ3n) is 1.56. The standard InChI is InChI=1S/C6H7F3O4.Na/c7-6(8,9)5(3-4(10)11)12-1-2-13-5;/h1-3H2,(H,10,11);/q;+1/p-1. The quantitative estimate of drug-likeness (QED) is 0.454. The van der Waals surface area contributed by atoms with E-state index in [1.54, 1.807) is 0 Å². The molecule has 14 heavy (non-hydrogen) atoms. The summed E-state index contributed by atoms with van der Waals surface area (Å²) in [7, 11) is 0. The summed E-state index contributed by atoms with van der Waals surface area (Å²) < 4.78 is 45.2. The molecule has 0 amide bonds. The summed E-state index contributed by atoms with van der Waals surface area (Å²) in [4.78, 5) is 10.0. The number of halogens is 3. The second-order valence-corrected chi connectivity index (χ2v) is 2.50. The van der Waals surface area contributed by atoms with Gasteiger partial charge in [-0.25, -0.2) is 0 Å². The molecule has 0 N–H and O–H groups in total. The monoisotopic (exact) mass is 222 g/mol. The van der Waals surface area contributed by atoms with Gasteiger partial charge in [0.25, 0.3) is 5.79 Å². The minimum Gasteiger partial charge on any atom is -0.550 e. The maximum Gasteiger partial charge on any atom is 1.00 e. The normalized spacial score (nSPS) is 20.2. The van der Waals surface area contributed by atoms with Crippen LogP contribution in [0, 0.1) is 0 Å². The molecule has 1 aliphatic heterocycles. The van der Waals surface area contributed by atoms with Gasteiger partial charge in [0.1, 0.15) is 0 Å². The average Bonchev–Trinajstić information content (AvgIpc) is 2.33. The van der Waals surface area contributed by atoms with Gasteiger partial charge in [0.15, 0.2) is 0 Å². The maximum absolute atomic E-state index is 12.2. The molecule has 0 aromatic carbocycles. The number of ether oxygens (including phenoxy) is 2. The molecule has 76 valence electrons. The SMILES string of the molecule is O=C([O-])CC1(C(F)(F)F)OCCO1.[Na+]. The molecule has 0 aromatic heterocycles. The van der Waals surface area contributed by atoms with E-state index in [0.29, 0.717) is 0 Å². The van der Waals surface area contributed by atoms with E-state index in [-0.39, 0.29) is 42.8 Å². The molecule has 1 saturated heterocycles. The first-order valence-electron chi connectivity index (χ1n) is 3.42. The van der Waals surface area contributed by atoms with Crippen LogP contribution in [-0.2, 0) is 14.3 Å². The zero-order valence-corrected chi connectivity index (χ0v) is 9.39. The average molecular weight is 222 g/mol. The number of aliphatic carboxylic acids is 1. The fourth-order valence-corrected chi connectivity index (χ4v) is 1.01. The van der Waals surface area contributed by atoms with Gasteiger partial charge >= 0.3 is 35.7 Å². The molecule has 0 saturated carbocycles. The van der Waals surface area contributed by atoms with E-state index >= 15 is 0 Å². The van der Waals surface area contributed by atoms with E-state index < -0.39 is 24.4 Å². The fourth-order valence-electron chi connectivity index (χ4n) is 1.01. The Kier molecular flexibility index (Phi) is 4.86. The molecular weight excluding hydrogens is 216 g/mol. The molecule has 0 bridgehead atoms. The molecule has 1 rings (SSSR count). The van der Waals surface area contributed by atoms with Crippen molar-refractivity contribution in [3.05, 3.63) is 0 Å². The first kappa shape index (κ1) is 14.2. The second-order valence-electron chi connectivity index (χ2n) is 2.50. The molecule has 1 fully saturated rings. The Labute approximate surface area is 99.7 Å². The Hall–Kier alpha value is 0.180. The fraction of sp³-hybridized carbons (Fsp3) is 0.833. The number of carbonyl (C=O) groups excluding carboxylic acids is 1. The Morgan fingerprint density at radius 3 is 2.07 bits per heavy atom. The number of hydrogen-bond donors (Lipinski definition) is 0. The zero-order chi connectivity index (χ0) is 10.1. The number of carboxylic acid groups (broad SMARTS) is 1. The first-order chi connectivity index (χ1) is 5.87. The molecular formula is C6H6F3NaO4. The number of carbonyl (C=O) groups is 1. The van der Waals surface area contributed by atoms with Gasteiger partial charge in [-0.05, 0) is 0 Å². The van der Waals surface area contributed by atoms with Gasteiger partial charge in [0.2, 0.25) is 0 Å².